The number of hydrogen-bond donors (Lipinski definition) is 2. The lowest BCUT2D eigenvalue weighted by atomic mass is 10.0. The Bertz CT molecular complexity index is 1020. The largest absolute Gasteiger partial charge is 0.497 e. The SMILES string of the molecule is COc1ccc(NC(=O)N2CCN(c3nc(N)nc4scnc34)C(C)C2C)cc1. The van der Waals surface area contributed by atoms with Crippen LogP contribution in [0.3, 0.4) is 0 Å². The molecule has 1 aliphatic heterocycles. The number of thiazole rings is 1. The van der Waals surface area contributed by atoms with E-state index in [-0.39, 0.29) is 24.1 Å². The van der Waals surface area contributed by atoms with Crippen LogP contribution < -0.4 is 20.7 Å². The van der Waals surface area contributed by atoms with Gasteiger partial charge in [0.25, 0.3) is 0 Å². The molecule has 10 heteroatoms. The zero-order valence-electron chi connectivity index (χ0n) is 16.5. The van der Waals surface area contributed by atoms with Gasteiger partial charge in [-0.3, -0.25) is 0 Å². The van der Waals surface area contributed by atoms with Crippen molar-refractivity contribution in [3.8, 4) is 5.75 Å². The lowest BCUT2D eigenvalue weighted by molar-refractivity contribution is 0.168. The molecule has 0 saturated carbocycles. The highest BCUT2D eigenvalue weighted by atomic mass is 32.1. The number of aromatic nitrogens is 3. The minimum atomic E-state index is -0.129. The second kappa shape index (κ2) is 7.70. The van der Waals surface area contributed by atoms with Crippen molar-refractivity contribution in [1.82, 2.24) is 19.9 Å². The molecule has 2 aromatic heterocycles. The van der Waals surface area contributed by atoms with Crippen LogP contribution in [0.15, 0.2) is 29.8 Å². The number of hydrogen-bond acceptors (Lipinski definition) is 8. The summed E-state index contributed by atoms with van der Waals surface area (Å²) >= 11 is 1.44. The molecule has 9 nitrogen and oxygen atoms in total. The zero-order chi connectivity index (χ0) is 20.5. The van der Waals surface area contributed by atoms with E-state index in [1.54, 1.807) is 12.6 Å². The van der Waals surface area contributed by atoms with Crippen molar-refractivity contribution < 1.29 is 9.53 Å². The lowest BCUT2D eigenvalue weighted by Gasteiger charge is -2.45. The van der Waals surface area contributed by atoms with E-state index in [2.05, 4.69) is 32.1 Å². The third kappa shape index (κ3) is 3.63. The number of benzene rings is 1. The number of nitrogens with two attached hydrogens (primary N) is 1. The maximum absolute atomic E-state index is 12.9. The molecule has 0 bridgehead atoms. The van der Waals surface area contributed by atoms with Crippen molar-refractivity contribution >= 4 is 45.2 Å². The van der Waals surface area contributed by atoms with Crippen molar-refractivity contribution in [2.24, 2.45) is 0 Å². The molecule has 4 rings (SSSR count). The van der Waals surface area contributed by atoms with Crippen molar-refractivity contribution in [3.05, 3.63) is 29.8 Å². The fourth-order valence-electron chi connectivity index (χ4n) is 3.56. The Morgan fingerprint density at radius 1 is 1.21 bits per heavy atom. The second-order valence-corrected chi connectivity index (χ2v) is 7.77. The van der Waals surface area contributed by atoms with E-state index >= 15 is 0 Å². The Morgan fingerprint density at radius 2 is 1.97 bits per heavy atom. The van der Waals surface area contributed by atoms with Gasteiger partial charge in [-0.15, -0.1) is 11.3 Å². The molecule has 0 radical (unpaired) electrons. The van der Waals surface area contributed by atoms with Crippen molar-refractivity contribution in [2.75, 3.05) is 36.1 Å². The third-order valence-electron chi connectivity index (χ3n) is 5.33. The first-order valence-corrected chi connectivity index (χ1v) is 10.2. The summed E-state index contributed by atoms with van der Waals surface area (Å²) in [6.45, 7) is 5.30. The van der Waals surface area contributed by atoms with Crippen molar-refractivity contribution in [1.29, 1.82) is 0 Å². The number of nitrogen functional groups attached to an aromatic ring is 1. The van der Waals surface area contributed by atoms with Gasteiger partial charge in [-0.25, -0.2) is 14.8 Å². The van der Waals surface area contributed by atoms with Gasteiger partial charge in [0.15, 0.2) is 10.6 Å². The van der Waals surface area contributed by atoms with E-state index < -0.39 is 0 Å². The van der Waals surface area contributed by atoms with E-state index in [9.17, 15) is 4.79 Å². The van der Waals surface area contributed by atoms with Crippen LogP contribution in [0.1, 0.15) is 13.8 Å². The highest BCUT2D eigenvalue weighted by molar-refractivity contribution is 7.16. The normalized spacial score (nSPS) is 19.4. The molecular formula is C19H23N7O2S. The van der Waals surface area contributed by atoms with E-state index in [1.807, 2.05) is 36.1 Å². The Labute approximate surface area is 172 Å². The van der Waals surface area contributed by atoms with Gasteiger partial charge in [0, 0.05) is 24.8 Å². The molecule has 29 heavy (non-hydrogen) atoms. The number of rotatable bonds is 3. The number of anilines is 3. The maximum atomic E-state index is 12.9. The molecule has 3 N–H and O–H groups in total. The topological polar surface area (TPSA) is 110 Å². The molecule has 0 aliphatic carbocycles. The van der Waals surface area contributed by atoms with Gasteiger partial charge in [-0.05, 0) is 38.1 Å². The first-order valence-electron chi connectivity index (χ1n) is 9.33. The van der Waals surface area contributed by atoms with E-state index in [1.165, 1.54) is 11.3 Å². The molecule has 0 spiro atoms. The number of nitrogens with one attached hydrogen (secondary N) is 1. The number of nitrogens with zero attached hydrogens (tertiary/aromatic N) is 5. The van der Waals surface area contributed by atoms with Crippen LogP contribution in [0.5, 0.6) is 5.75 Å². The average molecular weight is 414 g/mol. The minimum Gasteiger partial charge on any atom is -0.497 e. The first kappa shape index (κ1) is 19.2. The Kier molecular flexibility index (Phi) is 5.10. The zero-order valence-corrected chi connectivity index (χ0v) is 17.3. The van der Waals surface area contributed by atoms with Crippen LogP contribution >= 0.6 is 11.3 Å². The van der Waals surface area contributed by atoms with Crippen LogP contribution in [0.4, 0.5) is 22.2 Å². The fourth-order valence-corrected chi connectivity index (χ4v) is 4.22. The molecule has 3 aromatic rings. The van der Waals surface area contributed by atoms with Crippen LogP contribution in [-0.2, 0) is 0 Å². The van der Waals surface area contributed by atoms with Gasteiger partial charge >= 0.3 is 6.03 Å². The molecule has 1 aliphatic rings. The third-order valence-corrected chi connectivity index (χ3v) is 6.05. The molecule has 1 fully saturated rings. The Hall–Kier alpha value is -3.14. The summed E-state index contributed by atoms with van der Waals surface area (Å²) in [5, 5.41) is 2.96. The quantitative estimate of drug-likeness (QED) is 0.679. The van der Waals surface area contributed by atoms with Crippen LogP contribution in [-0.4, -0.2) is 58.2 Å². The summed E-state index contributed by atoms with van der Waals surface area (Å²) in [6, 6.07) is 7.15. The van der Waals surface area contributed by atoms with Crippen LogP contribution in [0, 0.1) is 0 Å². The minimum absolute atomic E-state index is 0.0320. The number of methoxy groups -OCH3 is 1. The highest BCUT2D eigenvalue weighted by Crippen LogP contribution is 2.30. The molecule has 2 unspecified atom stereocenters. The van der Waals surface area contributed by atoms with E-state index in [4.69, 9.17) is 10.5 Å². The number of piperazine rings is 1. The summed E-state index contributed by atoms with van der Waals surface area (Å²) < 4.78 is 5.16. The smallest absolute Gasteiger partial charge is 0.322 e. The second-order valence-electron chi connectivity index (χ2n) is 6.94. The molecular weight excluding hydrogens is 390 g/mol. The highest BCUT2D eigenvalue weighted by Gasteiger charge is 2.35. The van der Waals surface area contributed by atoms with Gasteiger partial charge in [-0.2, -0.15) is 4.98 Å². The van der Waals surface area contributed by atoms with Gasteiger partial charge in [0.2, 0.25) is 5.95 Å². The standard InChI is InChI=1S/C19H23N7O2S/c1-11-12(2)26(19(27)22-13-4-6-14(28-3)7-5-13)9-8-25(11)16-15-17(29-10-21-15)24-18(20)23-16/h4-7,10-12H,8-9H2,1-3H3,(H,22,27)(H2,20,23,24). The number of carbonyl (C=O) groups is 1. The number of fused-ring (bicyclic) bond motifs is 1. The summed E-state index contributed by atoms with van der Waals surface area (Å²) in [6.07, 6.45) is 0. The monoisotopic (exact) mass is 413 g/mol. The number of amides is 2. The predicted octanol–water partition coefficient (Wildman–Crippen LogP) is 2.81. The number of urea groups is 1. The van der Waals surface area contributed by atoms with Gasteiger partial charge in [-0.1, -0.05) is 0 Å². The molecule has 1 saturated heterocycles. The Morgan fingerprint density at radius 3 is 2.69 bits per heavy atom. The van der Waals surface area contributed by atoms with Crippen molar-refractivity contribution in [2.45, 2.75) is 25.9 Å². The fraction of sp³-hybridized carbons (Fsp3) is 0.368. The molecule has 3 heterocycles. The summed E-state index contributed by atoms with van der Waals surface area (Å²) in [5.74, 6) is 1.70. The molecule has 2 amide bonds. The lowest BCUT2D eigenvalue weighted by Crippen LogP contribution is -2.60. The number of ether oxygens (including phenoxy) is 1. The average Bonchev–Trinajstić information content (AvgIpc) is 3.18. The van der Waals surface area contributed by atoms with Crippen molar-refractivity contribution in [3.63, 3.8) is 0 Å². The van der Waals surface area contributed by atoms with Crippen LogP contribution in [0.25, 0.3) is 10.3 Å². The van der Waals surface area contributed by atoms with Gasteiger partial charge in [0.05, 0.1) is 18.7 Å². The number of carbonyl (C=O) groups excluding carboxylic acids is 1. The molecule has 2 atom stereocenters. The van der Waals surface area contributed by atoms with Gasteiger partial charge < -0.3 is 25.6 Å². The maximum Gasteiger partial charge on any atom is 0.322 e. The summed E-state index contributed by atoms with van der Waals surface area (Å²) in [7, 11) is 1.61. The van der Waals surface area contributed by atoms with E-state index in [0.717, 1.165) is 27.6 Å². The van der Waals surface area contributed by atoms with Gasteiger partial charge in [0.1, 0.15) is 11.3 Å². The van der Waals surface area contributed by atoms with Crippen LogP contribution in [0.2, 0.25) is 0 Å². The summed E-state index contributed by atoms with van der Waals surface area (Å²) in [4.78, 5) is 30.7. The first-order chi connectivity index (χ1) is 14.0. The molecule has 152 valence electrons. The molecule has 1 aromatic carbocycles. The Balaban J connectivity index is 1.51. The van der Waals surface area contributed by atoms with E-state index in [0.29, 0.717) is 13.1 Å². The summed E-state index contributed by atoms with van der Waals surface area (Å²) in [5.41, 5.74) is 9.12. The predicted molar refractivity (Wildman–Crippen MR) is 115 cm³/mol.